The number of piperidine rings is 1. The van der Waals surface area contributed by atoms with E-state index in [0.717, 1.165) is 25.3 Å². The SMILES string of the molecule is Cc1ccc(CN2CCCCC2=N)s1. The zero-order chi connectivity index (χ0) is 9.97. The van der Waals surface area contributed by atoms with Crippen molar-refractivity contribution in [2.75, 3.05) is 6.54 Å². The summed E-state index contributed by atoms with van der Waals surface area (Å²) in [7, 11) is 0. The van der Waals surface area contributed by atoms with Gasteiger partial charge in [-0.05, 0) is 31.9 Å². The number of aryl methyl sites for hydroxylation is 1. The smallest absolute Gasteiger partial charge is 0.0960 e. The van der Waals surface area contributed by atoms with E-state index in [1.54, 1.807) is 0 Å². The molecule has 0 aliphatic carbocycles. The molecule has 0 atom stereocenters. The molecule has 2 nitrogen and oxygen atoms in total. The molecule has 2 heterocycles. The molecule has 1 saturated heterocycles. The minimum atomic E-state index is 0.822. The van der Waals surface area contributed by atoms with Crippen molar-refractivity contribution in [3.8, 4) is 0 Å². The normalized spacial score (nSPS) is 17.5. The summed E-state index contributed by atoms with van der Waals surface area (Å²) in [5, 5.41) is 7.83. The predicted molar refractivity (Wildman–Crippen MR) is 61.0 cm³/mol. The third kappa shape index (κ3) is 2.15. The van der Waals surface area contributed by atoms with Crippen LogP contribution < -0.4 is 0 Å². The average Bonchev–Trinajstić information content (AvgIpc) is 2.56. The molecule has 1 aromatic rings. The first-order valence-corrected chi connectivity index (χ1v) is 5.95. The number of hydrogen-bond acceptors (Lipinski definition) is 2. The van der Waals surface area contributed by atoms with Crippen molar-refractivity contribution in [2.45, 2.75) is 32.7 Å². The Kier molecular flexibility index (Phi) is 2.87. The van der Waals surface area contributed by atoms with Crippen molar-refractivity contribution in [2.24, 2.45) is 0 Å². The molecule has 0 bridgehead atoms. The van der Waals surface area contributed by atoms with Gasteiger partial charge < -0.3 is 4.90 Å². The van der Waals surface area contributed by atoms with Crippen molar-refractivity contribution in [3.05, 3.63) is 21.9 Å². The van der Waals surface area contributed by atoms with E-state index in [1.165, 1.54) is 22.6 Å². The molecule has 1 aromatic heterocycles. The van der Waals surface area contributed by atoms with Crippen LogP contribution in [0, 0.1) is 12.3 Å². The molecule has 0 spiro atoms. The molecule has 14 heavy (non-hydrogen) atoms. The Morgan fingerprint density at radius 3 is 2.93 bits per heavy atom. The van der Waals surface area contributed by atoms with Crippen LogP contribution in [0.1, 0.15) is 29.0 Å². The van der Waals surface area contributed by atoms with Gasteiger partial charge in [-0.3, -0.25) is 5.41 Å². The predicted octanol–water partition coefficient (Wildman–Crippen LogP) is 3.02. The number of nitrogens with zero attached hydrogens (tertiary/aromatic N) is 1. The van der Waals surface area contributed by atoms with E-state index < -0.39 is 0 Å². The van der Waals surface area contributed by atoms with Gasteiger partial charge in [-0.15, -0.1) is 11.3 Å². The van der Waals surface area contributed by atoms with Crippen LogP contribution in [0.25, 0.3) is 0 Å². The highest BCUT2D eigenvalue weighted by Crippen LogP contribution is 2.20. The highest BCUT2D eigenvalue weighted by molar-refractivity contribution is 7.11. The van der Waals surface area contributed by atoms with E-state index in [1.807, 2.05) is 11.3 Å². The average molecular weight is 208 g/mol. The minimum Gasteiger partial charge on any atom is -0.355 e. The second kappa shape index (κ2) is 4.13. The quantitative estimate of drug-likeness (QED) is 0.794. The van der Waals surface area contributed by atoms with Gasteiger partial charge in [0.15, 0.2) is 0 Å². The van der Waals surface area contributed by atoms with Crippen LogP contribution in [-0.2, 0) is 6.54 Å². The lowest BCUT2D eigenvalue weighted by molar-refractivity contribution is 0.364. The summed E-state index contributed by atoms with van der Waals surface area (Å²) in [6, 6.07) is 4.34. The van der Waals surface area contributed by atoms with Crippen molar-refractivity contribution in [1.82, 2.24) is 4.90 Å². The van der Waals surface area contributed by atoms with Gasteiger partial charge >= 0.3 is 0 Å². The zero-order valence-electron chi connectivity index (χ0n) is 8.55. The molecular weight excluding hydrogens is 192 g/mol. The van der Waals surface area contributed by atoms with Crippen LogP contribution in [0.4, 0.5) is 0 Å². The van der Waals surface area contributed by atoms with Gasteiger partial charge in [0.1, 0.15) is 0 Å². The molecule has 76 valence electrons. The summed E-state index contributed by atoms with van der Waals surface area (Å²) in [6.45, 7) is 4.14. The van der Waals surface area contributed by atoms with E-state index in [2.05, 4.69) is 24.0 Å². The summed E-state index contributed by atoms with van der Waals surface area (Å²) in [4.78, 5) is 4.95. The summed E-state index contributed by atoms with van der Waals surface area (Å²) in [5.74, 6) is 0.822. The Bertz CT molecular complexity index is 330. The summed E-state index contributed by atoms with van der Waals surface area (Å²) >= 11 is 1.85. The lowest BCUT2D eigenvalue weighted by Crippen LogP contribution is -2.33. The molecular formula is C11H16N2S. The molecule has 0 amide bonds. The maximum Gasteiger partial charge on any atom is 0.0960 e. The maximum atomic E-state index is 7.83. The first-order chi connectivity index (χ1) is 6.75. The number of amidine groups is 1. The fourth-order valence-electron chi connectivity index (χ4n) is 1.82. The van der Waals surface area contributed by atoms with Crippen molar-refractivity contribution in [3.63, 3.8) is 0 Å². The molecule has 1 aliphatic rings. The first kappa shape index (κ1) is 9.71. The molecule has 0 aromatic carbocycles. The van der Waals surface area contributed by atoms with Gasteiger partial charge in [0.2, 0.25) is 0 Å². The van der Waals surface area contributed by atoms with Gasteiger partial charge in [-0.2, -0.15) is 0 Å². The highest BCUT2D eigenvalue weighted by Gasteiger charge is 2.15. The van der Waals surface area contributed by atoms with Crippen LogP contribution in [0.3, 0.4) is 0 Å². The van der Waals surface area contributed by atoms with E-state index in [-0.39, 0.29) is 0 Å². The van der Waals surface area contributed by atoms with Gasteiger partial charge in [-0.25, -0.2) is 0 Å². The Hall–Kier alpha value is -0.830. The number of nitrogens with one attached hydrogen (secondary N) is 1. The lowest BCUT2D eigenvalue weighted by Gasteiger charge is -2.28. The Morgan fingerprint density at radius 2 is 2.29 bits per heavy atom. The third-order valence-corrected chi connectivity index (χ3v) is 3.60. The molecule has 1 N–H and O–H groups in total. The molecule has 0 unspecified atom stereocenters. The maximum absolute atomic E-state index is 7.83. The van der Waals surface area contributed by atoms with E-state index in [4.69, 9.17) is 5.41 Å². The topological polar surface area (TPSA) is 27.1 Å². The van der Waals surface area contributed by atoms with Crippen LogP contribution in [0.5, 0.6) is 0 Å². The van der Waals surface area contributed by atoms with Crippen molar-refractivity contribution in [1.29, 1.82) is 5.41 Å². The fourth-order valence-corrected chi connectivity index (χ4v) is 2.73. The Morgan fingerprint density at radius 1 is 1.43 bits per heavy atom. The largest absolute Gasteiger partial charge is 0.355 e. The number of likely N-dealkylation sites (tertiary alicyclic amines) is 1. The zero-order valence-corrected chi connectivity index (χ0v) is 9.36. The van der Waals surface area contributed by atoms with Crippen LogP contribution in [-0.4, -0.2) is 17.3 Å². The Balaban J connectivity index is 1.99. The minimum absolute atomic E-state index is 0.822. The van der Waals surface area contributed by atoms with E-state index in [0.29, 0.717) is 0 Å². The monoisotopic (exact) mass is 208 g/mol. The van der Waals surface area contributed by atoms with E-state index in [9.17, 15) is 0 Å². The fraction of sp³-hybridized carbons (Fsp3) is 0.545. The molecule has 3 heteroatoms. The van der Waals surface area contributed by atoms with Gasteiger partial charge in [-0.1, -0.05) is 0 Å². The Labute approximate surface area is 89.1 Å². The van der Waals surface area contributed by atoms with Crippen molar-refractivity contribution >= 4 is 17.2 Å². The van der Waals surface area contributed by atoms with Gasteiger partial charge in [0.05, 0.1) is 12.4 Å². The molecule has 0 saturated carbocycles. The molecule has 2 rings (SSSR count). The number of hydrogen-bond donors (Lipinski definition) is 1. The van der Waals surface area contributed by atoms with E-state index >= 15 is 0 Å². The summed E-state index contributed by atoms with van der Waals surface area (Å²) < 4.78 is 0. The number of thiophene rings is 1. The van der Waals surface area contributed by atoms with Gasteiger partial charge in [0.25, 0.3) is 0 Å². The van der Waals surface area contributed by atoms with Crippen molar-refractivity contribution < 1.29 is 0 Å². The number of rotatable bonds is 2. The first-order valence-electron chi connectivity index (χ1n) is 5.13. The second-order valence-electron chi connectivity index (χ2n) is 3.84. The van der Waals surface area contributed by atoms with Crippen LogP contribution >= 0.6 is 11.3 Å². The summed E-state index contributed by atoms with van der Waals surface area (Å²) in [5.41, 5.74) is 0. The molecule has 1 aliphatic heterocycles. The third-order valence-electron chi connectivity index (χ3n) is 2.62. The highest BCUT2D eigenvalue weighted by atomic mass is 32.1. The second-order valence-corrected chi connectivity index (χ2v) is 5.21. The molecule has 1 fully saturated rings. The standard InChI is InChI=1S/C11H16N2S/c1-9-5-6-10(14-9)8-13-7-3-2-4-11(13)12/h5-6,12H,2-4,7-8H2,1H3. The summed E-state index contributed by atoms with van der Waals surface area (Å²) in [6.07, 6.45) is 3.40. The van der Waals surface area contributed by atoms with Gasteiger partial charge in [0, 0.05) is 22.7 Å². The lowest BCUT2D eigenvalue weighted by atomic mass is 10.1. The van der Waals surface area contributed by atoms with Crippen LogP contribution in [0.2, 0.25) is 0 Å². The molecule has 0 radical (unpaired) electrons. The van der Waals surface area contributed by atoms with Crippen LogP contribution in [0.15, 0.2) is 12.1 Å².